The molecule has 2 fully saturated rings. The maximum atomic E-state index is 13.3. The predicted octanol–water partition coefficient (Wildman–Crippen LogP) is 3.60. The van der Waals surface area contributed by atoms with Crippen molar-refractivity contribution in [2.24, 2.45) is 5.92 Å². The molecule has 0 radical (unpaired) electrons. The van der Waals surface area contributed by atoms with Crippen molar-refractivity contribution in [2.45, 2.75) is 23.0 Å². The number of nitrogens with zero attached hydrogens (tertiary/aromatic N) is 2. The second-order valence-corrected chi connectivity index (χ2v) is 8.32. The van der Waals surface area contributed by atoms with Gasteiger partial charge in [0.15, 0.2) is 0 Å². The van der Waals surface area contributed by atoms with Crippen molar-refractivity contribution < 1.29 is 9.59 Å². The van der Waals surface area contributed by atoms with E-state index in [1.54, 1.807) is 11.8 Å². The zero-order valence-corrected chi connectivity index (χ0v) is 16.1. The standard InChI is InChI=1S/C22H24N2O2S/c25-21(18-11-12-18)23-13-15-24(16-14-23)22(26)20(17-7-3-1-4-8-17)27-19-9-5-2-6-10-19/h1-10,18,20H,11-16H2. The van der Waals surface area contributed by atoms with Crippen LogP contribution >= 0.6 is 11.8 Å². The number of carbonyl (C=O) groups is 2. The predicted molar refractivity (Wildman–Crippen MR) is 107 cm³/mol. The van der Waals surface area contributed by atoms with Crippen molar-refractivity contribution >= 4 is 23.6 Å². The molecular formula is C22H24N2O2S. The van der Waals surface area contributed by atoms with E-state index >= 15 is 0 Å². The van der Waals surface area contributed by atoms with Gasteiger partial charge in [0.05, 0.1) is 0 Å². The third kappa shape index (κ3) is 4.35. The van der Waals surface area contributed by atoms with Gasteiger partial charge in [0.1, 0.15) is 5.25 Å². The third-order valence-corrected chi connectivity index (χ3v) is 6.41. The first-order valence-corrected chi connectivity index (χ1v) is 10.4. The van der Waals surface area contributed by atoms with Crippen LogP contribution in [0, 0.1) is 5.92 Å². The Morgan fingerprint density at radius 2 is 1.37 bits per heavy atom. The fourth-order valence-electron chi connectivity index (χ4n) is 3.43. The van der Waals surface area contributed by atoms with Crippen LogP contribution in [0.1, 0.15) is 23.7 Å². The highest BCUT2D eigenvalue weighted by Gasteiger charge is 2.36. The zero-order chi connectivity index (χ0) is 18.6. The van der Waals surface area contributed by atoms with Gasteiger partial charge in [-0.3, -0.25) is 9.59 Å². The molecule has 140 valence electrons. The van der Waals surface area contributed by atoms with Gasteiger partial charge in [-0.15, -0.1) is 11.8 Å². The van der Waals surface area contributed by atoms with Crippen molar-refractivity contribution in [3.05, 3.63) is 66.2 Å². The topological polar surface area (TPSA) is 40.6 Å². The number of amides is 2. The van der Waals surface area contributed by atoms with Crippen LogP contribution in [0.15, 0.2) is 65.6 Å². The molecule has 2 aromatic rings. The molecule has 0 spiro atoms. The van der Waals surface area contributed by atoms with Crippen molar-refractivity contribution in [3.63, 3.8) is 0 Å². The molecule has 1 unspecified atom stereocenters. The SMILES string of the molecule is O=C(C1CC1)N1CCN(C(=O)C(Sc2ccccc2)c2ccccc2)CC1. The monoisotopic (exact) mass is 380 g/mol. The Morgan fingerprint density at radius 1 is 0.815 bits per heavy atom. The number of piperazine rings is 1. The van der Waals surface area contributed by atoms with Crippen LogP contribution in [0.3, 0.4) is 0 Å². The van der Waals surface area contributed by atoms with E-state index in [-0.39, 0.29) is 23.0 Å². The Hall–Kier alpha value is -2.27. The summed E-state index contributed by atoms with van der Waals surface area (Å²) in [6.07, 6.45) is 2.06. The van der Waals surface area contributed by atoms with Crippen LogP contribution in [-0.2, 0) is 9.59 Å². The summed E-state index contributed by atoms with van der Waals surface area (Å²) >= 11 is 1.59. The molecule has 1 aliphatic carbocycles. The second-order valence-electron chi connectivity index (χ2n) is 7.15. The molecule has 4 rings (SSSR count). The summed E-state index contributed by atoms with van der Waals surface area (Å²) in [4.78, 5) is 30.5. The quantitative estimate of drug-likeness (QED) is 0.744. The fraction of sp³-hybridized carbons (Fsp3) is 0.364. The van der Waals surface area contributed by atoms with Gasteiger partial charge in [-0.1, -0.05) is 48.5 Å². The second kappa shape index (κ2) is 8.17. The van der Waals surface area contributed by atoms with Gasteiger partial charge in [0, 0.05) is 37.0 Å². The van der Waals surface area contributed by atoms with E-state index in [1.165, 1.54) is 0 Å². The van der Waals surface area contributed by atoms with E-state index in [4.69, 9.17) is 0 Å². The van der Waals surface area contributed by atoms with Crippen LogP contribution in [0.5, 0.6) is 0 Å². The lowest BCUT2D eigenvalue weighted by molar-refractivity contribution is -0.140. The van der Waals surface area contributed by atoms with Crippen molar-refractivity contribution in [1.29, 1.82) is 0 Å². The lowest BCUT2D eigenvalue weighted by Crippen LogP contribution is -2.51. The molecule has 2 amide bonds. The molecule has 2 aromatic carbocycles. The minimum atomic E-state index is -0.265. The van der Waals surface area contributed by atoms with Crippen LogP contribution in [0.4, 0.5) is 0 Å². The molecule has 0 N–H and O–H groups in total. The number of rotatable bonds is 5. The molecule has 27 heavy (non-hydrogen) atoms. The van der Waals surface area contributed by atoms with Crippen LogP contribution in [-0.4, -0.2) is 47.8 Å². The molecular weight excluding hydrogens is 356 g/mol. The maximum Gasteiger partial charge on any atom is 0.240 e. The molecule has 4 nitrogen and oxygen atoms in total. The number of hydrogen-bond donors (Lipinski definition) is 0. The van der Waals surface area contributed by atoms with Crippen molar-refractivity contribution in [1.82, 2.24) is 9.80 Å². The van der Waals surface area contributed by atoms with E-state index in [0.29, 0.717) is 26.2 Å². The highest BCUT2D eigenvalue weighted by Crippen LogP contribution is 2.37. The molecule has 5 heteroatoms. The molecule has 1 saturated heterocycles. The van der Waals surface area contributed by atoms with Gasteiger partial charge >= 0.3 is 0 Å². The minimum absolute atomic E-state index is 0.133. The normalized spacial score (nSPS) is 18.2. The Balaban J connectivity index is 1.46. The molecule has 1 aliphatic heterocycles. The van der Waals surface area contributed by atoms with Crippen molar-refractivity contribution in [3.8, 4) is 0 Å². The van der Waals surface area contributed by atoms with Crippen LogP contribution in [0.25, 0.3) is 0 Å². The smallest absolute Gasteiger partial charge is 0.240 e. The number of benzene rings is 2. The highest BCUT2D eigenvalue weighted by atomic mass is 32.2. The van der Waals surface area contributed by atoms with Gasteiger partial charge < -0.3 is 9.80 Å². The van der Waals surface area contributed by atoms with E-state index in [1.807, 2.05) is 70.5 Å². The average Bonchev–Trinajstić information content (AvgIpc) is 3.58. The Kier molecular flexibility index (Phi) is 5.48. The van der Waals surface area contributed by atoms with E-state index < -0.39 is 0 Å². The first-order chi connectivity index (χ1) is 13.2. The maximum absolute atomic E-state index is 13.3. The fourth-order valence-corrected chi connectivity index (χ4v) is 4.56. The average molecular weight is 381 g/mol. The lowest BCUT2D eigenvalue weighted by Gasteiger charge is -2.36. The van der Waals surface area contributed by atoms with E-state index in [0.717, 1.165) is 23.3 Å². The molecule has 0 bridgehead atoms. The van der Waals surface area contributed by atoms with Gasteiger partial charge in [0.25, 0.3) is 0 Å². The first-order valence-electron chi connectivity index (χ1n) is 9.56. The number of thioether (sulfide) groups is 1. The summed E-state index contributed by atoms with van der Waals surface area (Å²) in [6, 6.07) is 20.0. The summed E-state index contributed by atoms with van der Waals surface area (Å²) in [5.74, 6) is 0.659. The van der Waals surface area contributed by atoms with Crippen LogP contribution < -0.4 is 0 Å². The Morgan fingerprint density at radius 3 is 1.96 bits per heavy atom. The summed E-state index contributed by atoms with van der Waals surface area (Å²) in [7, 11) is 0. The minimum Gasteiger partial charge on any atom is -0.339 e. The van der Waals surface area contributed by atoms with Gasteiger partial charge in [-0.05, 0) is 30.5 Å². The van der Waals surface area contributed by atoms with Crippen LogP contribution in [0.2, 0.25) is 0 Å². The molecule has 1 saturated carbocycles. The third-order valence-electron chi connectivity index (χ3n) is 5.15. The van der Waals surface area contributed by atoms with Crippen molar-refractivity contribution in [2.75, 3.05) is 26.2 Å². The Labute approximate surface area is 164 Å². The highest BCUT2D eigenvalue weighted by molar-refractivity contribution is 8.00. The Bertz CT molecular complexity index is 784. The number of hydrogen-bond acceptors (Lipinski definition) is 3. The number of carbonyl (C=O) groups excluding carboxylic acids is 2. The first kappa shape index (κ1) is 18.1. The van der Waals surface area contributed by atoms with E-state index in [9.17, 15) is 9.59 Å². The zero-order valence-electron chi connectivity index (χ0n) is 15.3. The van der Waals surface area contributed by atoms with E-state index in [2.05, 4.69) is 0 Å². The largest absolute Gasteiger partial charge is 0.339 e. The summed E-state index contributed by atoms with van der Waals surface area (Å²) in [5, 5.41) is -0.265. The summed E-state index contributed by atoms with van der Waals surface area (Å²) < 4.78 is 0. The van der Waals surface area contributed by atoms with Gasteiger partial charge in [-0.2, -0.15) is 0 Å². The lowest BCUT2D eigenvalue weighted by atomic mass is 10.1. The molecule has 1 heterocycles. The van der Waals surface area contributed by atoms with Gasteiger partial charge in [-0.25, -0.2) is 0 Å². The molecule has 1 atom stereocenters. The summed E-state index contributed by atoms with van der Waals surface area (Å²) in [5.41, 5.74) is 1.02. The molecule has 2 aliphatic rings. The van der Waals surface area contributed by atoms with Gasteiger partial charge in [0.2, 0.25) is 11.8 Å². The summed E-state index contributed by atoms with van der Waals surface area (Å²) in [6.45, 7) is 2.54. The molecule has 0 aromatic heterocycles.